The van der Waals surface area contributed by atoms with Crippen LogP contribution in [0.25, 0.3) is 6.08 Å². The van der Waals surface area contributed by atoms with Crippen LogP contribution < -0.4 is 10.6 Å². The summed E-state index contributed by atoms with van der Waals surface area (Å²) >= 11 is 5.91. The first-order valence-corrected chi connectivity index (χ1v) is 9.05. The van der Waals surface area contributed by atoms with Gasteiger partial charge in [-0.1, -0.05) is 41.4 Å². The summed E-state index contributed by atoms with van der Waals surface area (Å²) in [5.74, 6) is -0.177. The summed E-state index contributed by atoms with van der Waals surface area (Å²) < 4.78 is 5.22. The lowest BCUT2D eigenvalue weighted by molar-refractivity contribution is -0.118. The molecule has 5 nitrogen and oxygen atoms in total. The Morgan fingerprint density at radius 2 is 1.75 bits per heavy atom. The van der Waals surface area contributed by atoms with Crippen LogP contribution in [0, 0.1) is 6.92 Å². The quantitative estimate of drug-likeness (QED) is 0.611. The number of carbonyl (C=O) groups is 2. The van der Waals surface area contributed by atoms with Gasteiger partial charge < -0.3 is 15.1 Å². The van der Waals surface area contributed by atoms with Gasteiger partial charge in [0.25, 0.3) is 11.8 Å². The first-order valence-electron chi connectivity index (χ1n) is 8.67. The molecule has 3 rings (SSSR count). The van der Waals surface area contributed by atoms with Gasteiger partial charge in [0, 0.05) is 10.6 Å². The molecule has 0 saturated carbocycles. The number of nitrogens with one attached hydrogen (secondary N) is 2. The van der Waals surface area contributed by atoms with Crippen molar-refractivity contribution < 1.29 is 14.0 Å². The maximum absolute atomic E-state index is 12.7. The van der Waals surface area contributed by atoms with Gasteiger partial charge in [0.1, 0.15) is 11.5 Å². The molecular formula is C22H19ClN2O3. The highest BCUT2D eigenvalue weighted by Gasteiger charge is 2.15. The third-order valence-corrected chi connectivity index (χ3v) is 4.24. The van der Waals surface area contributed by atoms with Gasteiger partial charge in [0.15, 0.2) is 0 Å². The van der Waals surface area contributed by atoms with Crippen molar-refractivity contribution >= 4 is 29.5 Å². The molecule has 0 fully saturated rings. The third-order valence-electron chi connectivity index (χ3n) is 3.99. The number of hydrogen-bond donors (Lipinski definition) is 2. The number of amides is 2. The molecule has 1 heterocycles. The van der Waals surface area contributed by atoms with Crippen molar-refractivity contribution in [1.82, 2.24) is 10.6 Å². The minimum atomic E-state index is -0.424. The van der Waals surface area contributed by atoms with Gasteiger partial charge >= 0.3 is 0 Å². The number of carbonyl (C=O) groups excluding carboxylic acids is 2. The van der Waals surface area contributed by atoms with E-state index in [1.807, 2.05) is 19.1 Å². The third kappa shape index (κ3) is 5.34. The highest BCUT2D eigenvalue weighted by molar-refractivity contribution is 6.30. The fourth-order valence-corrected chi connectivity index (χ4v) is 2.59. The maximum Gasteiger partial charge on any atom is 0.268 e. The van der Waals surface area contributed by atoms with Crippen LogP contribution in [-0.2, 0) is 11.3 Å². The van der Waals surface area contributed by atoms with E-state index in [0.717, 1.165) is 11.1 Å². The zero-order chi connectivity index (χ0) is 19.9. The second-order valence-corrected chi connectivity index (χ2v) is 6.63. The molecule has 0 aliphatic rings. The number of rotatable bonds is 6. The van der Waals surface area contributed by atoms with E-state index in [0.29, 0.717) is 16.3 Å². The van der Waals surface area contributed by atoms with Crippen LogP contribution >= 0.6 is 11.6 Å². The summed E-state index contributed by atoms with van der Waals surface area (Å²) in [5.41, 5.74) is 2.37. The Kier molecular flexibility index (Phi) is 6.29. The second kappa shape index (κ2) is 9.06. The first kappa shape index (κ1) is 19.5. The zero-order valence-electron chi connectivity index (χ0n) is 15.2. The minimum absolute atomic E-state index is 0.124. The van der Waals surface area contributed by atoms with E-state index in [-0.39, 0.29) is 18.1 Å². The van der Waals surface area contributed by atoms with Gasteiger partial charge in [-0.2, -0.15) is 0 Å². The Labute approximate surface area is 168 Å². The summed E-state index contributed by atoms with van der Waals surface area (Å²) in [6, 6.07) is 17.6. The van der Waals surface area contributed by atoms with E-state index in [9.17, 15) is 9.59 Å². The Bertz CT molecular complexity index is 976. The van der Waals surface area contributed by atoms with Crippen LogP contribution in [0.2, 0.25) is 5.02 Å². The van der Waals surface area contributed by atoms with Crippen LogP contribution in [0.4, 0.5) is 0 Å². The Balaban J connectivity index is 1.80. The maximum atomic E-state index is 12.7. The van der Waals surface area contributed by atoms with Crippen LogP contribution in [-0.4, -0.2) is 11.8 Å². The normalized spacial score (nSPS) is 11.1. The second-order valence-electron chi connectivity index (χ2n) is 6.19. The molecule has 1 aromatic heterocycles. The van der Waals surface area contributed by atoms with Gasteiger partial charge in [0.05, 0.1) is 12.8 Å². The van der Waals surface area contributed by atoms with Crippen LogP contribution in [0.15, 0.2) is 77.0 Å². The molecule has 142 valence electrons. The minimum Gasteiger partial charge on any atom is -0.467 e. The average molecular weight is 395 g/mol. The Morgan fingerprint density at radius 1 is 1.04 bits per heavy atom. The van der Waals surface area contributed by atoms with Crippen LogP contribution in [0.3, 0.4) is 0 Å². The van der Waals surface area contributed by atoms with Crippen molar-refractivity contribution in [2.24, 2.45) is 0 Å². The fourth-order valence-electron chi connectivity index (χ4n) is 2.46. The number of benzene rings is 2. The van der Waals surface area contributed by atoms with Crippen molar-refractivity contribution in [3.8, 4) is 0 Å². The van der Waals surface area contributed by atoms with Crippen LogP contribution in [0.5, 0.6) is 0 Å². The Hall–Kier alpha value is -3.31. The largest absolute Gasteiger partial charge is 0.467 e. The molecule has 28 heavy (non-hydrogen) atoms. The smallest absolute Gasteiger partial charge is 0.268 e. The summed E-state index contributed by atoms with van der Waals surface area (Å²) in [5, 5.41) is 6.02. The molecule has 2 amide bonds. The summed E-state index contributed by atoms with van der Waals surface area (Å²) in [7, 11) is 0. The molecule has 0 radical (unpaired) electrons. The van der Waals surface area contributed by atoms with E-state index in [4.69, 9.17) is 16.0 Å². The highest BCUT2D eigenvalue weighted by atomic mass is 35.5. The average Bonchev–Trinajstić information content (AvgIpc) is 3.21. The summed E-state index contributed by atoms with van der Waals surface area (Å²) in [6.07, 6.45) is 3.13. The van der Waals surface area contributed by atoms with Crippen molar-refractivity contribution in [3.63, 3.8) is 0 Å². The molecule has 0 atom stereocenters. The van der Waals surface area contributed by atoms with E-state index in [1.165, 1.54) is 6.26 Å². The molecule has 0 aliphatic heterocycles. The number of hydrogen-bond acceptors (Lipinski definition) is 3. The predicted octanol–water partition coefficient (Wildman–Crippen LogP) is 4.33. The number of aryl methyl sites for hydroxylation is 1. The van der Waals surface area contributed by atoms with Crippen molar-refractivity contribution in [2.75, 3.05) is 0 Å². The van der Waals surface area contributed by atoms with Gasteiger partial charge in [0.2, 0.25) is 0 Å². The van der Waals surface area contributed by atoms with Gasteiger partial charge in [-0.05, 0) is 55.0 Å². The molecule has 0 bridgehead atoms. The lowest BCUT2D eigenvalue weighted by Crippen LogP contribution is -2.34. The lowest BCUT2D eigenvalue weighted by Gasteiger charge is -2.11. The summed E-state index contributed by atoms with van der Waals surface area (Å²) in [4.78, 5) is 25.2. The SMILES string of the molecule is Cc1ccc(C(=O)N/C(=C/c2ccc(Cl)cc2)C(=O)NCc2ccco2)cc1. The van der Waals surface area contributed by atoms with E-state index < -0.39 is 5.91 Å². The zero-order valence-corrected chi connectivity index (χ0v) is 16.0. The van der Waals surface area contributed by atoms with Gasteiger partial charge in [-0.3, -0.25) is 9.59 Å². The topological polar surface area (TPSA) is 71.3 Å². The molecular weight excluding hydrogens is 376 g/mol. The van der Waals surface area contributed by atoms with Crippen molar-refractivity contribution in [3.05, 3.63) is 100 Å². The lowest BCUT2D eigenvalue weighted by atomic mass is 10.1. The molecule has 0 spiro atoms. The van der Waals surface area contributed by atoms with E-state index in [1.54, 1.807) is 54.6 Å². The monoisotopic (exact) mass is 394 g/mol. The summed E-state index contributed by atoms with van der Waals surface area (Å²) in [6.45, 7) is 2.15. The molecule has 2 N–H and O–H groups in total. The van der Waals surface area contributed by atoms with E-state index in [2.05, 4.69) is 10.6 Å². The number of halogens is 1. The molecule has 6 heteroatoms. The van der Waals surface area contributed by atoms with Crippen molar-refractivity contribution in [1.29, 1.82) is 0 Å². The van der Waals surface area contributed by atoms with E-state index >= 15 is 0 Å². The predicted molar refractivity (Wildman–Crippen MR) is 109 cm³/mol. The first-order chi connectivity index (χ1) is 13.5. The standard InChI is InChI=1S/C22H19ClN2O3/c1-15-4-8-17(9-5-15)21(26)25-20(13-16-6-10-18(23)11-7-16)22(27)24-14-19-3-2-12-28-19/h2-13H,14H2,1H3,(H,24,27)(H,25,26)/b20-13+. The fraction of sp³-hybridized carbons (Fsp3) is 0.0909. The number of furan rings is 1. The Morgan fingerprint density at radius 3 is 2.39 bits per heavy atom. The molecule has 2 aromatic carbocycles. The highest BCUT2D eigenvalue weighted by Crippen LogP contribution is 2.13. The van der Waals surface area contributed by atoms with Crippen molar-refractivity contribution in [2.45, 2.75) is 13.5 Å². The molecule has 0 saturated heterocycles. The van der Waals surface area contributed by atoms with Crippen LogP contribution in [0.1, 0.15) is 27.2 Å². The van der Waals surface area contributed by atoms with Gasteiger partial charge in [-0.25, -0.2) is 0 Å². The molecule has 0 unspecified atom stereocenters. The molecule has 0 aliphatic carbocycles. The van der Waals surface area contributed by atoms with Gasteiger partial charge in [-0.15, -0.1) is 0 Å². The molecule has 3 aromatic rings.